The molecule has 194 valence electrons. The average molecular weight is 482 g/mol. The Morgan fingerprint density at radius 2 is 2.03 bits per heavy atom. The monoisotopic (exact) mass is 481 g/mol. The van der Waals surface area contributed by atoms with Crippen molar-refractivity contribution in [3.05, 3.63) is 47.5 Å². The number of nitrogens with one attached hydrogen (secondary N) is 1. The number of fused-ring (bicyclic) bond motifs is 2. The second-order valence-electron chi connectivity index (χ2n) is 7.89. The molecule has 34 heavy (non-hydrogen) atoms. The van der Waals surface area contributed by atoms with E-state index in [9.17, 15) is 14.3 Å². The topological polar surface area (TPSA) is 105 Å². The summed E-state index contributed by atoms with van der Waals surface area (Å²) in [7, 11) is 0. The predicted octanol–water partition coefficient (Wildman–Crippen LogP) is 4.21. The first-order valence-electron chi connectivity index (χ1n) is 12.2. The number of aliphatic hydroxyl groups is 3. The van der Waals surface area contributed by atoms with Crippen LogP contribution in [0.5, 0.6) is 0 Å². The van der Waals surface area contributed by atoms with Gasteiger partial charge in [-0.1, -0.05) is 32.4 Å². The van der Waals surface area contributed by atoms with Gasteiger partial charge in [0, 0.05) is 25.8 Å². The number of rotatable bonds is 8. The third-order valence-electron chi connectivity index (χ3n) is 5.52. The molecule has 1 atom stereocenters. The van der Waals surface area contributed by atoms with E-state index < -0.39 is 0 Å². The van der Waals surface area contributed by atoms with Crippen molar-refractivity contribution in [1.82, 2.24) is 10.2 Å². The molecule has 2 bridgehead atoms. The van der Waals surface area contributed by atoms with Crippen LogP contribution in [-0.4, -0.2) is 71.9 Å². The molecule has 0 aromatic rings. The van der Waals surface area contributed by atoms with Gasteiger partial charge in [-0.15, -0.1) is 6.58 Å². The molecule has 2 heterocycles. The summed E-state index contributed by atoms with van der Waals surface area (Å²) in [6, 6.07) is 0. The van der Waals surface area contributed by atoms with Crippen LogP contribution in [0.15, 0.2) is 52.5 Å². The molecule has 0 saturated carbocycles. The van der Waals surface area contributed by atoms with Crippen molar-refractivity contribution in [2.45, 2.75) is 59.3 Å². The predicted molar refractivity (Wildman–Crippen MR) is 137 cm³/mol. The van der Waals surface area contributed by atoms with Crippen molar-refractivity contribution in [3.8, 4) is 0 Å². The summed E-state index contributed by atoms with van der Waals surface area (Å²) in [4.78, 5) is 18.9. The Morgan fingerprint density at radius 3 is 2.62 bits per heavy atom. The summed E-state index contributed by atoms with van der Waals surface area (Å²) >= 11 is 0. The quantitative estimate of drug-likeness (QED) is 0.236. The number of hydrogen-bond donors (Lipinski definition) is 4. The van der Waals surface area contributed by atoms with Crippen LogP contribution in [-0.2, 0) is 4.79 Å². The molecule has 7 nitrogen and oxygen atoms in total. The zero-order chi connectivity index (χ0) is 25.8. The molecule has 0 radical (unpaired) electrons. The van der Waals surface area contributed by atoms with Crippen molar-refractivity contribution in [2.75, 3.05) is 39.5 Å². The van der Waals surface area contributed by atoms with Gasteiger partial charge in [-0.25, -0.2) is 4.39 Å². The molecule has 4 N–H and O–H groups in total. The third kappa shape index (κ3) is 12.3. The first-order valence-corrected chi connectivity index (χ1v) is 12.2. The van der Waals surface area contributed by atoms with Gasteiger partial charge in [-0.3, -0.25) is 15.1 Å². The number of nitrogens with zero attached hydrogens (tertiary/aromatic N) is 2. The second kappa shape index (κ2) is 20.1. The molecular formula is C26H44FN3O4. The van der Waals surface area contributed by atoms with Gasteiger partial charge in [0.2, 0.25) is 0 Å². The Kier molecular flexibility index (Phi) is 18.8. The summed E-state index contributed by atoms with van der Waals surface area (Å²) in [6.45, 7) is 11.4. The Hall–Kier alpha value is -2.29. The second-order valence-corrected chi connectivity index (χ2v) is 7.89. The minimum absolute atomic E-state index is 0.0248. The van der Waals surface area contributed by atoms with Crippen LogP contribution in [0.4, 0.5) is 4.39 Å². The molecule has 8 heteroatoms. The van der Waals surface area contributed by atoms with Gasteiger partial charge in [0.15, 0.2) is 0 Å². The van der Waals surface area contributed by atoms with E-state index in [0.717, 1.165) is 31.3 Å². The van der Waals surface area contributed by atoms with Crippen LogP contribution in [0.1, 0.15) is 59.3 Å². The number of allylic oxidation sites excluding steroid dienone is 3. The van der Waals surface area contributed by atoms with Gasteiger partial charge in [-0.05, 0) is 56.1 Å². The maximum atomic E-state index is 12.7. The van der Waals surface area contributed by atoms with Crippen LogP contribution < -0.4 is 5.32 Å². The SMILES string of the molecule is C=CC(C/C=C/F)C/C1=C2\CCCCCN(C2)C(=O)/C(C)=C(/O)CN=C1.CC.OCCNCO. The van der Waals surface area contributed by atoms with Crippen LogP contribution in [0.25, 0.3) is 0 Å². The zero-order valence-corrected chi connectivity index (χ0v) is 21.1. The molecule has 1 unspecified atom stereocenters. The highest BCUT2D eigenvalue weighted by Crippen LogP contribution is 2.26. The highest BCUT2D eigenvalue weighted by atomic mass is 19.1. The molecule has 1 fully saturated rings. The maximum Gasteiger partial charge on any atom is 0.253 e. The summed E-state index contributed by atoms with van der Waals surface area (Å²) < 4.78 is 12.4. The Labute approximate surface area is 204 Å². The van der Waals surface area contributed by atoms with E-state index >= 15 is 0 Å². The molecule has 1 saturated heterocycles. The number of carbonyl (C=O) groups excluding carboxylic acids is 1. The lowest BCUT2D eigenvalue weighted by molar-refractivity contribution is -0.127. The summed E-state index contributed by atoms with van der Waals surface area (Å²) in [5, 5.41) is 28.7. The number of amides is 1. The fraction of sp³-hybridized carbons (Fsp3) is 0.615. The van der Waals surface area contributed by atoms with Crippen LogP contribution in [0.3, 0.4) is 0 Å². The van der Waals surface area contributed by atoms with Crippen LogP contribution in [0, 0.1) is 5.92 Å². The van der Waals surface area contributed by atoms with E-state index in [1.807, 2.05) is 31.0 Å². The first kappa shape index (κ1) is 31.7. The van der Waals surface area contributed by atoms with E-state index in [2.05, 4.69) is 16.9 Å². The number of carbonyl (C=O) groups is 1. The molecule has 2 aliphatic rings. The van der Waals surface area contributed by atoms with Gasteiger partial charge in [-0.2, -0.15) is 0 Å². The van der Waals surface area contributed by atoms with E-state index in [1.54, 1.807) is 6.92 Å². The maximum absolute atomic E-state index is 12.7. The lowest BCUT2D eigenvalue weighted by atomic mass is 9.90. The average Bonchev–Trinajstić information content (AvgIpc) is 2.84. The first-order chi connectivity index (χ1) is 16.5. The van der Waals surface area contributed by atoms with Crippen LogP contribution >= 0.6 is 0 Å². The fourth-order valence-electron chi connectivity index (χ4n) is 3.58. The smallest absolute Gasteiger partial charge is 0.253 e. The van der Waals surface area contributed by atoms with Gasteiger partial charge >= 0.3 is 0 Å². The van der Waals surface area contributed by atoms with Crippen molar-refractivity contribution in [3.63, 3.8) is 0 Å². The zero-order valence-electron chi connectivity index (χ0n) is 21.1. The van der Waals surface area contributed by atoms with Crippen molar-refractivity contribution in [2.24, 2.45) is 10.9 Å². The van der Waals surface area contributed by atoms with E-state index in [1.165, 1.54) is 11.6 Å². The molecule has 0 aromatic carbocycles. The highest BCUT2D eigenvalue weighted by molar-refractivity contribution is 5.94. The standard InChI is InChI=1S/C21H29FN2O2.C3H9NO2.C2H6/c1-3-17(8-7-10-22)12-19-13-23-14-20(25)16(2)21(26)24-11-6-4-5-9-18(19)15-24;5-2-1-4-3-6;1-2/h3,7,10,13,17,25H,1,4-6,8-9,11-12,14-15H2,2H3;4-6H,1-3H2;1-2H3/b10-7+,19-18-,20-16+,23-13?;;. The lowest BCUT2D eigenvalue weighted by Crippen LogP contribution is -2.36. The van der Waals surface area contributed by atoms with E-state index in [-0.39, 0.29) is 37.5 Å². The van der Waals surface area contributed by atoms with E-state index in [4.69, 9.17) is 10.2 Å². The van der Waals surface area contributed by atoms with Crippen molar-refractivity contribution >= 4 is 12.1 Å². The molecule has 0 aliphatic carbocycles. The molecule has 2 rings (SSSR count). The number of halogens is 1. The van der Waals surface area contributed by atoms with Crippen LogP contribution in [0.2, 0.25) is 0 Å². The molecule has 2 aliphatic heterocycles. The molecule has 0 aromatic heterocycles. The van der Waals surface area contributed by atoms with Crippen molar-refractivity contribution < 1.29 is 24.5 Å². The Bertz CT molecular complexity index is 713. The highest BCUT2D eigenvalue weighted by Gasteiger charge is 2.23. The lowest BCUT2D eigenvalue weighted by Gasteiger charge is -2.29. The molecule has 1 amide bonds. The Morgan fingerprint density at radius 1 is 1.29 bits per heavy atom. The van der Waals surface area contributed by atoms with Gasteiger partial charge < -0.3 is 20.2 Å². The normalized spacial score (nSPS) is 22.1. The van der Waals surface area contributed by atoms with Gasteiger partial charge in [0.1, 0.15) is 5.76 Å². The van der Waals surface area contributed by atoms with Gasteiger partial charge in [0.05, 0.1) is 31.8 Å². The van der Waals surface area contributed by atoms with Crippen molar-refractivity contribution in [1.29, 1.82) is 0 Å². The summed E-state index contributed by atoms with van der Waals surface area (Å²) in [6.07, 6.45) is 11.1. The summed E-state index contributed by atoms with van der Waals surface area (Å²) in [5.41, 5.74) is 2.67. The Balaban J connectivity index is 0.00000118. The number of aliphatic imine (C=N–C) groups is 1. The minimum atomic E-state index is -0.112. The third-order valence-corrected chi connectivity index (χ3v) is 5.52. The molecule has 0 spiro atoms. The minimum Gasteiger partial charge on any atom is -0.510 e. The number of hydrogen-bond acceptors (Lipinski definition) is 6. The van der Waals surface area contributed by atoms with E-state index in [0.29, 0.717) is 44.4 Å². The molecular weight excluding hydrogens is 437 g/mol. The summed E-state index contributed by atoms with van der Waals surface area (Å²) in [5.74, 6) is 0.0232. The largest absolute Gasteiger partial charge is 0.510 e. The van der Waals surface area contributed by atoms with Gasteiger partial charge in [0.25, 0.3) is 5.91 Å². The number of aliphatic hydroxyl groups excluding tert-OH is 3. The fourth-order valence-corrected chi connectivity index (χ4v) is 3.58.